The van der Waals surface area contributed by atoms with Gasteiger partial charge < -0.3 is 9.64 Å². The average molecular weight is 332 g/mol. The summed E-state index contributed by atoms with van der Waals surface area (Å²) in [5.41, 5.74) is 1.24. The molecule has 0 spiro atoms. The van der Waals surface area contributed by atoms with E-state index in [1.807, 2.05) is 13.3 Å². The maximum absolute atomic E-state index is 5.88. The molecule has 1 saturated carbocycles. The molecule has 5 heteroatoms. The number of likely N-dealkylation sites (tertiary alicyclic amines) is 2. The van der Waals surface area contributed by atoms with Crippen molar-refractivity contribution in [3.63, 3.8) is 0 Å². The Hall–Kier alpha value is -0.910. The molecule has 4 atom stereocenters. The molecule has 0 aromatic carbocycles. The van der Waals surface area contributed by atoms with E-state index in [0.717, 1.165) is 17.9 Å². The van der Waals surface area contributed by atoms with Crippen molar-refractivity contribution in [3.05, 3.63) is 18.0 Å². The summed E-state index contributed by atoms with van der Waals surface area (Å²) in [7, 11) is 4.12. The van der Waals surface area contributed by atoms with Gasteiger partial charge in [-0.3, -0.25) is 9.58 Å². The van der Waals surface area contributed by atoms with Gasteiger partial charge in [-0.1, -0.05) is 0 Å². The number of methoxy groups -OCH3 is 1. The van der Waals surface area contributed by atoms with Crippen LogP contribution in [0.5, 0.6) is 0 Å². The highest BCUT2D eigenvalue weighted by Crippen LogP contribution is 2.43. The Balaban J connectivity index is 1.44. The summed E-state index contributed by atoms with van der Waals surface area (Å²) in [6.07, 6.45) is 9.54. The molecule has 0 bridgehead atoms. The molecule has 134 valence electrons. The first-order valence-corrected chi connectivity index (χ1v) is 9.60. The Bertz CT molecular complexity index is 551. The number of aromatic nitrogens is 2. The Morgan fingerprint density at radius 1 is 1.12 bits per heavy atom. The zero-order chi connectivity index (χ0) is 16.7. The topological polar surface area (TPSA) is 33.5 Å². The summed E-state index contributed by atoms with van der Waals surface area (Å²) in [5.74, 6) is 1.62. The molecule has 0 unspecified atom stereocenters. The normalized spacial score (nSPS) is 36.1. The van der Waals surface area contributed by atoms with Crippen molar-refractivity contribution in [2.75, 3.05) is 40.3 Å². The second-order valence-corrected chi connectivity index (χ2v) is 8.32. The van der Waals surface area contributed by atoms with Gasteiger partial charge in [0, 0.05) is 32.4 Å². The van der Waals surface area contributed by atoms with Crippen LogP contribution in [-0.2, 0) is 4.74 Å². The molecule has 3 aliphatic rings. The Morgan fingerprint density at radius 3 is 2.46 bits per heavy atom. The fourth-order valence-electron chi connectivity index (χ4n) is 5.23. The number of rotatable bonds is 3. The van der Waals surface area contributed by atoms with E-state index in [1.165, 1.54) is 57.4 Å². The SMILES string of the molecule is CO[C@H]1C[C@@H]2CN(C3CCN(C)CC3)C[C@@H]2C[C@@H]1n1cc(C)cn1. The van der Waals surface area contributed by atoms with Gasteiger partial charge in [0.1, 0.15) is 0 Å². The highest BCUT2D eigenvalue weighted by atomic mass is 16.5. The van der Waals surface area contributed by atoms with Crippen molar-refractivity contribution in [2.24, 2.45) is 11.8 Å². The van der Waals surface area contributed by atoms with E-state index in [-0.39, 0.29) is 0 Å². The first kappa shape index (κ1) is 16.6. The van der Waals surface area contributed by atoms with E-state index >= 15 is 0 Å². The summed E-state index contributed by atoms with van der Waals surface area (Å²) in [6, 6.07) is 1.21. The number of ether oxygens (including phenoxy) is 1. The standard InChI is InChI=1S/C19H32N4O/c1-14-10-20-23(11-14)18-8-15-12-22(13-16(15)9-19(18)24-3)17-4-6-21(2)7-5-17/h10-11,15-19H,4-9,12-13H2,1-3H3/t15-,16+,18-,19-/m0/s1. The van der Waals surface area contributed by atoms with Crippen LogP contribution in [0, 0.1) is 18.8 Å². The predicted molar refractivity (Wildman–Crippen MR) is 95.1 cm³/mol. The van der Waals surface area contributed by atoms with E-state index in [2.05, 4.69) is 39.7 Å². The van der Waals surface area contributed by atoms with E-state index in [4.69, 9.17) is 4.74 Å². The molecule has 0 amide bonds. The molecular formula is C19H32N4O. The summed E-state index contributed by atoms with van der Waals surface area (Å²) in [5, 5.41) is 4.59. The molecule has 2 aliphatic heterocycles. The molecule has 4 rings (SSSR count). The summed E-state index contributed by atoms with van der Waals surface area (Å²) in [4.78, 5) is 5.27. The molecule has 1 aromatic heterocycles. The van der Waals surface area contributed by atoms with Crippen LogP contribution in [-0.4, -0.2) is 72.1 Å². The molecular weight excluding hydrogens is 300 g/mol. The van der Waals surface area contributed by atoms with Crippen molar-refractivity contribution < 1.29 is 4.74 Å². The number of nitrogens with zero attached hydrogens (tertiary/aromatic N) is 4. The zero-order valence-corrected chi connectivity index (χ0v) is 15.4. The van der Waals surface area contributed by atoms with E-state index < -0.39 is 0 Å². The third-order valence-electron chi connectivity index (χ3n) is 6.69. The predicted octanol–water partition coefficient (Wildman–Crippen LogP) is 2.18. The van der Waals surface area contributed by atoms with Crippen LogP contribution in [0.25, 0.3) is 0 Å². The summed E-state index contributed by atoms with van der Waals surface area (Å²) >= 11 is 0. The van der Waals surface area contributed by atoms with Crippen molar-refractivity contribution in [1.82, 2.24) is 19.6 Å². The fourth-order valence-corrected chi connectivity index (χ4v) is 5.23. The minimum Gasteiger partial charge on any atom is -0.379 e. The van der Waals surface area contributed by atoms with Gasteiger partial charge in [-0.05, 0) is 70.1 Å². The molecule has 3 fully saturated rings. The molecule has 1 aromatic rings. The zero-order valence-electron chi connectivity index (χ0n) is 15.4. The van der Waals surface area contributed by atoms with Gasteiger partial charge in [0.2, 0.25) is 0 Å². The lowest BCUT2D eigenvalue weighted by atomic mass is 9.77. The van der Waals surface area contributed by atoms with E-state index in [1.54, 1.807) is 0 Å². The lowest BCUT2D eigenvalue weighted by molar-refractivity contribution is -0.00490. The maximum Gasteiger partial charge on any atom is 0.0798 e. The van der Waals surface area contributed by atoms with Gasteiger partial charge in [-0.2, -0.15) is 5.10 Å². The van der Waals surface area contributed by atoms with Gasteiger partial charge in [0.25, 0.3) is 0 Å². The Labute approximate surface area is 145 Å². The average Bonchev–Trinajstić information content (AvgIpc) is 3.19. The lowest BCUT2D eigenvalue weighted by Crippen LogP contribution is -2.42. The minimum absolute atomic E-state index is 0.308. The van der Waals surface area contributed by atoms with Crippen LogP contribution < -0.4 is 0 Å². The second kappa shape index (κ2) is 6.77. The van der Waals surface area contributed by atoms with Gasteiger partial charge in [-0.15, -0.1) is 0 Å². The highest BCUT2D eigenvalue weighted by molar-refractivity contribution is 5.03. The minimum atomic E-state index is 0.308. The van der Waals surface area contributed by atoms with Gasteiger partial charge in [-0.25, -0.2) is 0 Å². The maximum atomic E-state index is 5.88. The van der Waals surface area contributed by atoms with Crippen LogP contribution in [0.4, 0.5) is 0 Å². The molecule has 24 heavy (non-hydrogen) atoms. The van der Waals surface area contributed by atoms with Gasteiger partial charge in [0.15, 0.2) is 0 Å². The van der Waals surface area contributed by atoms with Crippen LogP contribution >= 0.6 is 0 Å². The quantitative estimate of drug-likeness (QED) is 0.850. The second-order valence-electron chi connectivity index (χ2n) is 8.32. The van der Waals surface area contributed by atoms with Crippen molar-refractivity contribution in [2.45, 2.75) is 50.8 Å². The number of hydrogen-bond acceptors (Lipinski definition) is 4. The number of piperidine rings is 1. The molecule has 2 saturated heterocycles. The Kier molecular flexibility index (Phi) is 4.67. The highest BCUT2D eigenvalue weighted by Gasteiger charge is 2.44. The first-order chi connectivity index (χ1) is 11.6. The van der Waals surface area contributed by atoms with E-state index in [0.29, 0.717) is 12.1 Å². The van der Waals surface area contributed by atoms with Gasteiger partial charge >= 0.3 is 0 Å². The fraction of sp³-hybridized carbons (Fsp3) is 0.842. The van der Waals surface area contributed by atoms with Crippen LogP contribution in [0.3, 0.4) is 0 Å². The third kappa shape index (κ3) is 3.14. The molecule has 1 aliphatic carbocycles. The van der Waals surface area contributed by atoms with Crippen LogP contribution in [0.1, 0.15) is 37.3 Å². The van der Waals surface area contributed by atoms with Crippen molar-refractivity contribution in [3.8, 4) is 0 Å². The summed E-state index contributed by atoms with van der Waals surface area (Å²) < 4.78 is 8.05. The number of fused-ring (bicyclic) bond motifs is 1. The van der Waals surface area contributed by atoms with Crippen molar-refractivity contribution >= 4 is 0 Å². The van der Waals surface area contributed by atoms with Gasteiger partial charge in [0.05, 0.1) is 18.3 Å². The summed E-state index contributed by atoms with van der Waals surface area (Å²) in [6.45, 7) is 7.20. The van der Waals surface area contributed by atoms with Crippen molar-refractivity contribution in [1.29, 1.82) is 0 Å². The van der Waals surface area contributed by atoms with Crippen LogP contribution in [0.15, 0.2) is 12.4 Å². The molecule has 3 heterocycles. The first-order valence-electron chi connectivity index (χ1n) is 9.60. The third-order valence-corrected chi connectivity index (χ3v) is 6.69. The van der Waals surface area contributed by atoms with Crippen LogP contribution in [0.2, 0.25) is 0 Å². The lowest BCUT2D eigenvalue weighted by Gasteiger charge is -2.37. The Morgan fingerprint density at radius 2 is 1.83 bits per heavy atom. The monoisotopic (exact) mass is 332 g/mol. The molecule has 5 nitrogen and oxygen atoms in total. The molecule has 0 N–H and O–H groups in total. The molecule has 0 radical (unpaired) electrons. The smallest absolute Gasteiger partial charge is 0.0798 e. The number of aryl methyl sites for hydroxylation is 1. The largest absolute Gasteiger partial charge is 0.379 e. The van der Waals surface area contributed by atoms with E-state index in [9.17, 15) is 0 Å². The number of hydrogen-bond donors (Lipinski definition) is 0.